The van der Waals surface area contributed by atoms with Gasteiger partial charge in [0.05, 0.1) is 11.7 Å². The van der Waals surface area contributed by atoms with Crippen LogP contribution in [0.1, 0.15) is 47.2 Å². The minimum absolute atomic E-state index is 0.0346. The van der Waals surface area contributed by atoms with E-state index >= 15 is 0 Å². The first-order valence-electron chi connectivity index (χ1n) is 8.76. The second-order valence-corrected chi connectivity index (χ2v) is 6.31. The Hall–Kier alpha value is -3.29. The Balaban J connectivity index is 1.82. The minimum Gasteiger partial charge on any atom is -0.345 e. The van der Waals surface area contributed by atoms with Crippen molar-refractivity contribution in [2.45, 2.75) is 40.3 Å². The second-order valence-electron chi connectivity index (χ2n) is 6.31. The van der Waals surface area contributed by atoms with Crippen LogP contribution in [0, 0.1) is 13.8 Å². The van der Waals surface area contributed by atoms with Gasteiger partial charge in [-0.1, -0.05) is 0 Å². The molecule has 0 aliphatic carbocycles. The summed E-state index contributed by atoms with van der Waals surface area (Å²) in [5.41, 5.74) is 2.97. The van der Waals surface area contributed by atoms with Crippen LogP contribution in [-0.4, -0.2) is 30.6 Å². The van der Waals surface area contributed by atoms with Gasteiger partial charge in [-0.25, -0.2) is 4.98 Å². The number of aromatic nitrogens is 5. The first-order chi connectivity index (χ1) is 12.9. The van der Waals surface area contributed by atoms with Gasteiger partial charge in [0.15, 0.2) is 0 Å². The zero-order valence-corrected chi connectivity index (χ0v) is 15.8. The summed E-state index contributed by atoms with van der Waals surface area (Å²) >= 11 is 0. The molecule has 0 saturated carbocycles. The van der Waals surface area contributed by atoms with E-state index < -0.39 is 11.5 Å². The number of pyridine rings is 1. The fourth-order valence-electron chi connectivity index (χ4n) is 3.20. The van der Waals surface area contributed by atoms with Crippen molar-refractivity contribution in [3.63, 3.8) is 0 Å². The van der Waals surface area contributed by atoms with Gasteiger partial charge in [0.2, 0.25) is 0 Å². The molecule has 0 aliphatic rings. The van der Waals surface area contributed by atoms with E-state index in [9.17, 15) is 9.59 Å². The van der Waals surface area contributed by atoms with E-state index in [0.717, 1.165) is 23.5 Å². The molecule has 1 amide bonds. The third kappa shape index (κ3) is 3.64. The van der Waals surface area contributed by atoms with E-state index in [-0.39, 0.29) is 11.6 Å². The highest BCUT2D eigenvalue weighted by Gasteiger charge is 2.21. The van der Waals surface area contributed by atoms with Gasteiger partial charge in [-0.05, 0) is 39.8 Å². The predicted octanol–water partition coefficient (Wildman–Crippen LogP) is 2.16. The highest BCUT2D eigenvalue weighted by Crippen LogP contribution is 2.21. The third-order valence-corrected chi connectivity index (χ3v) is 4.50. The van der Waals surface area contributed by atoms with Crippen molar-refractivity contribution in [2.24, 2.45) is 0 Å². The van der Waals surface area contributed by atoms with Crippen molar-refractivity contribution in [1.82, 2.24) is 30.0 Å². The lowest BCUT2D eigenvalue weighted by atomic mass is 10.1. The number of hydrogen-bond acceptors (Lipinski definition) is 5. The van der Waals surface area contributed by atoms with E-state index in [1.807, 2.05) is 32.4 Å². The lowest BCUT2D eigenvalue weighted by Crippen LogP contribution is -2.32. The number of carbonyl (C=O) groups is 1. The molecule has 0 spiro atoms. The van der Waals surface area contributed by atoms with Crippen molar-refractivity contribution < 1.29 is 4.79 Å². The quantitative estimate of drug-likeness (QED) is 0.720. The van der Waals surface area contributed by atoms with E-state index in [0.29, 0.717) is 11.4 Å². The number of carbonyl (C=O) groups excluding carboxylic acids is 1. The molecule has 0 unspecified atom stereocenters. The molecular weight excluding hydrogens is 344 g/mol. The molecule has 3 aromatic heterocycles. The fraction of sp³-hybridized carbons (Fsp3) is 0.316. The number of hydrogen-bond donors (Lipinski definition) is 2. The molecule has 0 radical (unpaired) electrons. The molecule has 140 valence electrons. The summed E-state index contributed by atoms with van der Waals surface area (Å²) in [6, 6.07) is 3.25. The van der Waals surface area contributed by atoms with Gasteiger partial charge in [0.1, 0.15) is 11.4 Å². The van der Waals surface area contributed by atoms with Crippen LogP contribution in [0.4, 0.5) is 0 Å². The van der Waals surface area contributed by atoms with Crippen LogP contribution in [0.5, 0.6) is 0 Å². The Bertz CT molecular complexity index is 1020. The fourth-order valence-corrected chi connectivity index (χ4v) is 3.20. The Morgan fingerprint density at radius 2 is 2.11 bits per heavy atom. The predicted molar refractivity (Wildman–Crippen MR) is 101 cm³/mol. The zero-order chi connectivity index (χ0) is 19.6. The van der Waals surface area contributed by atoms with Crippen LogP contribution in [0.15, 0.2) is 35.5 Å². The number of nitrogens with one attached hydrogen (secondary N) is 2. The molecule has 27 heavy (non-hydrogen) atoms. The molecule has 2 N–H and O–H groups in total. The van der Waals surface area contributed by atoms with Crippen molar-refractivity contribution in [3.05, 3.63) is 63.6 Å². The number of aryl methyl sites for hydroxylation is 2. The van der Waals surface area contributed by atoms with Gasteiger partial charge < -0.3 is 10.3 Å². The van der Waals surface area contributed by atoms with Gasteiger partial charge >= 0.3 is 0 Å². The molecule has 0 fully saturated rings. The largest absolute Gasteiger partial charge is 0.345 e. The first kappa shape index (κ1) is 18.5. The lowest BCUT2D eigenvalue weighted by molar-refractivity contribution is 0.0938. The molecular formula is C19H22N6O2. The Kier molecular flexibility index (Phi) is 5.16. The SMILES string of the molecule is CCn1nc(C)c([C@@H](C)NC(=O)c2cnc(-c3cccnc3)[nH]c2=O)c1C. The molecule has 0 bridgehead atoms. The van der Waals surface area contributed by atoms with Crippen LogP contribution >= 0.6 is 0 Å². The van der Waals surface area contributed by atoms with Crippen molar-refractivity contribution >= 4 is 5.91 Å². The number of nitrogens with zero attached hydrogens (tertiary/aromatic N) is 4. The van der Waals surface area contributed by atoms with Crippen molar-refractivity contribution in [1.29, 1.82) is 0 Å². The summed E-state index contributed by atoms with van der Waals surface area (Å²) in [6.07, 6.45) is 4.52. The van der Waals surface area contributed by atoms with E-state index in [4.69, 9.17) is 0 Å². The highest BCUT2D eigenvalue weighted by molar-refractivity contribution is 5.93. The average Bonchev–Trinajstić information content (AvgIpc) is 2.95. The standard InChI is InChI=1S/C19H22N6O2/c1-5-25-13(4)16(12(3)24-25)11(2)22-18(26)15-10-21-17(23-19(15)27)14-7-6-8-20-9-14/h6-11H,5H2,1-4H3,(H,22,26)(H,21,23,27)/t11-/m1/s1. The minimum atomic E-state index is -0.494. The first-order valence-corrected chi connectivity index (χ1v) is 8.76. The van der Waals surface area contributed by atoms with Gasteiger partial charge in [-0.2, -0.15) is 5.10 Å². The number of H-pyrrole nitrogens is 1. The third-order valence-electron chi connectivity index (χ3n) is 4.50. The van der Waals surface area contributed by atoms with E-state index in [1.54, 1.807) is 24.5 Å². The maximum Gasteiger partial charge on any atom is 0.264 e. The topological polar surface area (TPSA) is 106 Å². The number of aromatic amines is 1. The molecule has 8 nitrogen and oxygen atoms in total. The van der Waals surface area contributed by atoms with Crippen LogP contribution in [0.3, 0.4) is 0 Å². The van der Waals surface area contributed by atoms with E-state index in [2.05, 4.69) is 25.4 Å². The maximum atomic E-state index is 12.6. The lowest BCUT2D eigenvalue weighted by Gasteiger charge is -2.15. The average molecular weight is 366 g/mol. The zero-order valence-electron chi connectivity index (χ0n) is 15.8. The molecule has 0 saturated heterocycles. The molecule has 1 atom stereocenters. The second kappa shape index (κ2) is 7.53. The van der Waals surface area contributed by atoms with Crippen LogP contribution < -0.4 is 10.9 Å². The normalized spacial score (nSPS) is 12.0. The number of rotatable bonds is 5. The van der Waals surface area contributed by atoms with E-state index in [1.165, 1.54) is 6.20 Å². The van der Waals surface area contributed by atoms with Crippen LogP contribution in [0.2, 0.25) is 0 Å². The summed E-state index contributed by atoms with van der Waals surface area (Å²) in [7, 11) is 0. The molecule has 3 aromatic rings. The summed E-state index contributed by atoms with van der Waals surface area (Å²) in [5.74, 6) is -0.106. The Morgan fingerprint density at radius 1 is 1.33 bits per heavy atom. The Morgan fingerprint density at radius 3 is 2.70 bits per heavy atom. The summed E-state index contributed by atoms with van der Waals surface area (Å²) < 4.78 is 1.89. The van der Waals surface area contributed by atoms with Crippen LogP contribution in [-0.2, 0) is 6.54 Å². The van der Waals surface area contributed by atoms with Gasteiger partial charge in [-0.15, -0.1) is 0 Å². The van der Waals surface area contributed by atoms with Crippen molar-refractivity contribution in [2.75, 3.05) is 0 Å². The van der Waals surface area contributed by atoms with Gasteiger partial charge in [-0.3, -0.25) is 19.3 Å². The summed E-state index contributed by atoms with van der Waals surface area (Å²) in [4.78, 5) is 35.8. The Labute approximate surface area is 156 Å². The maximum absolute atomic E-state index is 12.6. The molecule has 3 rings (SSSR count). The molecule has 8 heteroatoms. The van der Waals surface area contributed by atoms with Crippen LogP contribution in [0.25, 0.3) is 11.4 Å². The van der Waals surface area contributed by atoms with Crippen molar-refractivity contribution in [3.8, 4) is 11.4 Å². The van der Waals surface area contributed by atoms with Gasteiger partial charge in [0.25, 0.3) is 11.5 Å². The van der Waals surface area contributed by atoms with Gasteiger partial charge in [0, 0.05) is 42.0 Å². The smallest absolute Gasteiger partial charge is 0.264 e. The monoisotopic (exact) mass is 366 g/mol. The molecule has 0 aromatic carbocycles. The molecule has 3 heterocycles. The number of amides is 1. The summed E-state index contributed by atoms with van der Waals surface area (Å²) in [6.45, 7) is 8.53. The highest BCUT2D eigenvalue weighted by atomic mass is 16.2. The molecule has 0 aliphatic heterocycles. The summed E-state index contributed by atoms with van der Waals surface area (Å²) in [5, 5.41) is 7.34.